The van der Waals surface area contributed by atoms with E-state index in [0.717, 1.165) is 11.1 Å². The van der Waals surface area contributed by atoms with E-state index >= 15 is 0 Å². The smallest absolute Gasteiger partial charge is 0.263 e. The van der Waals surface area contributed by atoms with E-state index in [1.807, 2.05) is 30.8 Å². The van der Waals surface area contributed by atoms with Crippen LogP contribution < -0.4 is 22.5 Å². The molecule has 140 valence electrons. The number of carbonyl (C=O) groups excluding carboxylic acids is 1. The SMILES string of the molecule is C/C(N)=C(\C)c1c(N)sc(C(=O)NCc2ccc(SC(C)C)cc2)c1N. The zero-order valence-electron chi connectivity index (χ0n) is 15.6. The van der Waals surface area contributed by atoms with E-state index in [0.29, 0.717) is 38.6 Å². The second kappa shape index (κ2) is 8.51. The van der Waals surface area contributed by atoms with Crippen molar-refractivity contribution in [2.45, 2.75) is 44.4 Å². The minimum absolute atomic E-state index is 0.228. The zero-order chi connectivity index (χ0) is 19.4. The van der Waals surface area contributed by atoms with Gasteiger partial charge < -0.3 is 22.5 Å². The molecular formula is C19H26N4OS2. The molecule has 7 heteroatoms. The second-order valence-electron chi connectivity index (χ2n) is 6.39. The molecule has 2 aromatic rings. The molecule has 1 heterocycles. The summed E-state index contributed by atoms with van der Waals surface area (Å²) in [6.45, 7) is 8.39. The largest absolute Gasteiger partial charge is 0.402 e. The average molecular weight is 391 g/mol. The lowest BCUT2D eigenvalue weighted by Crippen LogP contribution is -2.22. The molecule has 0 aliphatic rings. The lowest BCUT2D eigenvalue weighted by atomic mass is 10.1. The monoisotopic (exact) mass is 390 g/mol. The number of hydrogen-bond donors (Lipinski definition) is 4. The fourth-order valence-corrected chi connectivity index (χ4v) is 4.23. The van der Waals surface area contributed by atoms with Crippen molar-refractivity contribution in [2.24, 2.45) is 5.73 Å². The Morgan fingerprint density at radius 2 is 1.81 bits per heavy atom. The minimum atomic E-state index is -0.228. The van der Waals surface area contributed by atoms with Gasteiger partial charge in [-0.3, -0.25) is 4.79 Å². The number of rotatable bonds is 6. The van der Waals surface area contributed by atoms with E-state index in [1.165, 1.54) is 16.2 Å². The first-order chi connectivity index (χ1) is 12.2. The van der Waals surface area contributed by atoms with Crippen LogP contribution in [0.3, 0.4) is 0 Å². The molecule has 0 bridgehead atoms. The maximum absolute atomic E-state index is 12.5. The number of carbonyl (C=O) groups is 1. The Balaban J connectivity index is 2.09. The third-order valence-corrected chi connectivity index (χ3v) is 5.94. The molecule has 1 aromatic heterocycles. The van der Waals surface area contributed by atoms with Crippen LogP contribution in [0.4, 0.5) is 10.7 Å². The van der Waals surface area contributed by atoms with Gasteiger partial charge in [0.05, 0.1) is 10.7 Å². The Hall–Kier alpha value is -2.12. The van der Waals surface area contributed by atoms with Crippen LogP contribution in [0.15, 0.2) is 34.9 Å². The molecule has 1 aromatic carbocycles. The summed E-state index contributed by atoms with van der Waals surface area (Å²) in [5, 5.41) is 3.95. The standard InChI is InChI=1S/C19H26N4OS2/c1-10(2)25-14-7-5-13(6-8-14)9-23-19(24)17-16(21)15(18(22)26-17)11(3)12(4)20/h5-8,10H,9,20-22H2,1-4H3,(H,23,24)/b12-11-. The number of thiophene rings is 1. The van der Waals surface area contributed by atoms with Gasteiger partial charge in [-0.15, -0.1) is 23.1 Å². The number of thioether (sulfide) groups is 1. The van der Waals surface area contributed by atoms with Gasteiger partial charge in [-0.25, -0.2) is 0 Å². The number of amides is 1. The lowest BCUT2D eigenvalue weighted by Gasteiger charge is -2.08. The third kappa shape index (κ3) is 4.74. The molecule has 0 saturated heterocycles. The highest BCUT2D eigenvalue weighted by molar-refractivity contribution is 7.99. The molecule has 5 nitrogen and oxygen atoms in total. The van der Waals surface area contributed by atoms with Crippen LogP contribution in [0, 0.1) is 0 Å². The molecular weight excluding hydrogens is 364 g/mol. The number of nitrogens with two attached hydrogens (primary N) is 3. The molecule has 0 unspecified atom stereocenters. The van der Waals surface area contributed by atoms with Crippen LogP contribution in [0.25, 0.3) is 5.57 Å². The van der Waals surface area contributed by atoms with Gasteiger partial charge in [0.25, 0.3) is 5.91 Å². The number of nitrogens with one attached hydrogen (secondary N) is 1. The van der Waals surface area contributed by atoms with E-state index in [4.69, 9.17) is 17.2 Å². The summed E-state index contributed by atoms with van der Waals surface area (Å²) in [7, 11) is 0. The van der Waals surface area contributed by atoms with Crippen LogP contribution in [0.5, 0.6) is 0 Å². The quantitative estimate of drug-likeness (QED) is 0.557. The molecule has 26 heavy (non-hydrogen) atoms. The van der Waals surface area contributed by atoms with Crippen LogP contribution in [0.1, 0.15) is 48.5 Å². The Morgan fingerprint density at radius 1 is 1.19 bits per heavy atom. The molecule has 0 radical (unpaired) electrons. The van der Waals surface area contributed by atoms with Crippen LogP contribution in [-0.4, -0.2) is 11.2 Å². The number of hydrogen-bond acceptors (Lipinski definition) is 6. The van der Waals surface area contributed by atoms with Gasteiger partial charge in [0.15, 0.2) is 0 Å². The number of nitrogen functional groups attached to an aromatic ring is 2. The predicted octanol–water partition coefficient (Wildman–Crippen LogP) is 4.05. The van der Waals surface area contributed by atoms with E-state index in [-0.39, 0.29) is 5.91 Å². The molecule has 0 aliphatic carbocycles. The molecule has 1 amide bonds. The molecule has 0 spiro atoms. The molecule has 2 rings (SSSR count). The van der Waals surface area contributed by atoms with Gasteiger partial charge in [-0.1, -0.05) is 26.0 Å². The zero-order valence-corrected chi connectivity index (χ0v) is 17.2. The molecule has 0 saturated carbocycles. The maximum atomic E-state index is 12.5. The van der Waals surface area contributed by atoms with E-state index < -0.39 is 0 Å². The highest BCUT2D eigenvalue weighted by atomic mass is 32.2. The van der Waals surface area contributed by atoms with Gasteiger partial charge in [0.1, 0.15) is 4.88 Å². The van der Waals surface area contributed by atoms with Crippen molar-refractivity contribution in [1.82, 2.24) is 5.32 Å². The first-order valence-electron chi connectivity index (χ1n) is 8.35. The van der Waals surface area contributed by atoms with Crippen molar-refractivity contribution in [3.05, 3.63) is 46.0 Å². The van der Waals surface area contributed by atoms with Gasteiger partial charge in [-0.05, 0) is 37.1 Å². The maximum Gasteiger partial charge on any atom is 0.263 e. The van der Waals surface area contributed by atoms with E-state index in [2.05, 4.69) is 31.3 Å². The second-order valence-corrected chi connectivity index (χ2v) is 9.09. The Morgan fingerprint density at radius 3 is 2.35 bits per heavy atom. The Labute approximate surface area is 163 Å². The summed E-state index contributed by atoms with van der Waals surface area (Å²) < 4.78 is 0. The minimum Gasteiger partial charge on any atom is -0.402 e. The summed E-state index contributed by atoms with van der Waals surface area (Å²) in [4.78, 5) is 14.2. The van der Waals surface area contributed by atoms with Gasteiger partial charge in [0, 0.05) is 28.0 Å². The third-order valence-electron chi connectivity index (χ3n) is 3.89. The number of anilines is 2. The summed E-state index contributed by atoms with van der Waals surface area (Å²) in [6, 6.07) is 8.18. The fraction of sp³-hybridized carbons (Fsp3) is 0.316. The number of allylic oxidation sites excluding steroid dienone is 2. The normalized spacial score (nSPS) is 12.2. The highest BCUT2D eigenvalue weighted by Gasteiger charge is 2.21. The summed E-state index contributed by atoms with van der Waals surface area (Å²) in [5.74, 6) is -0.228. The van der Waals surface area contributed by atoms with E-state index in [1.54, 1.807) is 6.92 Å². The first-order valence-corrected chi connectivity index (χ1v) is 10.0. The van der Waals surface area contributed by atoms with Gasteiger partial charge in [-0.2, -0.15) is 0 Å². The van der Waals surface area contributed by atoms with Crippen molar-refractivity contribution < 1.29 is 4.79 Å². The van der Waals surface area contributed by atoms with Gasteiger partial charge >= 0.3 is 0 Å². The van der Waals surface area contributed by atoms with Crippen molar-refractivity contribution in [3.63, 3.8) is 0 Å². The van der Waals surface area contributed by atoms with Crippen molar-refractivity contribution in [1.29, 1.82) is 0 Å². The van der Waals surface area contributed by atoms with Crippen LogP contribution in [0.2, 0.25) is 0 Å². The van der Waals surface area contributed by atoms with Gasteiger partial charge in [0.2, 0.25) is 0 Å². The lowest BCUT2D eigenvalue weighted by molar-refractivity contribution is 0.0955. The summed E-state index contributed by atoms with van der Waals surface area (Å²) in [6.07, 6.45) is 0. The fourth-order valence-electron chi connectivity index (χ4n) is 2.44. The average Bonchev–Trinajstić information content (AvgIpc) is 2.87. The molecule has 0 aliphatic heterocycles. The summed E-state index contributed by atoms with van der Waals surface area (Å²) >= 11 is 3.00. The topological polar surface area (TPSA) is 107 Å². The molecule has 7 N–H and O–H groups in total. The Bertz CT molecular complexity index is 819. The van der Waals surface area contributed by atoms with Crippen molar-refractivity contribution >= 4 is 45.3 Å². The molecule has 0 atom stereocenters. The Kier molecular flexibility index (Phi) is 6.61. The van der Waals surface area contributed by atoms with Crippen molar-refractivity contribution in [3.8, 4) is 0 Å². The number of benzene rings is 1. The highest BCUT2D eigenvalue weighted by Crippen LogP contribution is 2.38. The first kappa shape index (κ1) is 20.2. The van der Waals surface area contributed by atoms with Crippen LogP contribution >= 0.6 is 23.1 Å². The van der Waals surface area contributed by atoms with Crippen molar-refractivity contribution in [2.75, 3.05) is 11.5 Å². The van der Waals surface area contributed by atoms with Crippen LogP contribution in [-0.2, 0) is 6.54 Å². The summed E-state index contributed by atoms with van der Waals surface area (Å²) in [5.41, 5.74) is 21.6. The predicted molar refractivity (Wildman–Crippen MR) is 114 cm³/mol. The van der Waals surface area contributed by atoms with E-state index in [9.17, 15) is 4.79 Å². The molecule has 0 fully saturated rings.